The molecule has 2 aliphatic heterocycles. The Hall–Kier alpha value is -1.39. The molecule has 0 unspecified atom stereocenters. The number of hydrogen-bond donors (Lipinski definition) is 1. The van der Waals surface area contributed by atoms with Gasteiger partial charge in [-0.15, -0.1) is 34.2 Å². The number of likely N-dealkylation sites (tertiary alicyclic amines) is 1. The Morgan fingerprint density at radius 2 is 2.00 bits per heavy atom. The van der Waals surface area contributed by atoms with Crippen molar-refractivity contribution in [1.29, 1.82) is 0 Å². The molecule has 0 atom stereocenters. The fourth-order valence-electron chi connectivity index (χ4n) is 3.64. The van der Waals surface area contributed by atoms with Crippen LogP contribution in [-0.2, 0) is 29.0 Å². The van der Waals surface area contributed by atoms with Gasteiger partial charge in [0.2, 0.25) is 0 Å². The van der Waals surface area contributed by atoms with E-state index >= 15 is 0 Å². The highest BCUT2D eigenvalue weighted by Gasteiger charge is 2.27. The molecule has 0 amide bonds. The topological polar surface area (TPSA) is 84.6 Å². The number of aliphatic imine (C=N–C) groups is 1. The third-order valence-corrected chi connectivity index (χ3v) is 5.06. The quantitative estimate of drug-likeness (QED) is 0.294. The zero-order chi connectivity index (χ0) is 18.4. The minimum atomic E-state index is -0.0656. The third kappa shape index (κ3) is 5.55. The molecule has 8 nitrogen and oxygen atoms in total. The van der Waals surface area contributed by atoms with Crippen molar-refractivity contribution in [2.75, 3.05) is 26.2 Å². The zero-order valence-corrected chi connectivity index (χ0v) is 18.6. The highest BCUT2D eigenvalue weighted by Crippen LogP contribution is 2.19. The number of carbonyl (C=O) groups is 1. The van der Waals surface area contributed by atoms with Gasteiger partial charge in [-0.25, -0.2) is 4.99 Å². The lowest BCUT2D eigenvalue weighted by molar-refractivity contribution is -0.149. The number of hydrogen-bond acceptors (Lipinski definition) is 5. The Bertz CT molecular complexity index is 640. The van der Waals surface area contributed by atoms with Gasteiger partial charge < -0.3 is 19.5 Å². The van der Waals surface area contributed by atoms with Crippen molar-refractivity contribution in [3.05, 3.63) is 11.6 Å². The number of carbonyl (C=O) groups excluding carboxylic acids is 1. The zero-order valence-electron chi connectivity index (χ0n) is 16.3. The molecule has 1 N–H and O–H groups in total. The van der Waals surface area contributed by atoms with Crippen LogP contribution >= 0.6 is 24.0 Å². The number of nitrogens with one attached hydrogen (secondary N) is 1. The van der Waals surface area contributed by atoms with Crippen molar-refractivity contribution in [2.45, 2.75) is 59.0 Å². The normalized spacial score (nSPS) is 17.9. The Kier molecular flexibility index (Phi) is 8.78. The molecule has 2 aliphatic rings. The molecule has 0 radical (unpaired) electrons. The molecule has 3 rings (SSSR count). The average Bonchev–Trinajstić information content (AvgIpc) is 3.09. The smallest absolute Gasteiger partial charge is 0.309 e. The predicted molar refractivity (Wildman–Crippen MR) is 114 cm³/mol. The van der Waals surface area contributed by atoms with Gasteiger partial charge in [0.05, 0.1) is 12.5 Å². The number of rotatable bonds is 5. The molecule has 0 aliphatic carbocycles. The van der Waals surface area contributed by atoms with Crippen LogP contribution in [0.15, 0.2) is 4.99 Å². The molecule has 152 valence electrons. The largest absolute Gasteiger partial charge is 0.466 e. The summed E-state index contributed by atoms with van der Waals surface area (Å²) in [5, 5.41) is 12.0. The summed E-state index contributed by atoms with van der Waals surface area (Å²) in [6.07, 6.45) is 5.01. The van der Waals surface area contributed by atoms with E-state index in [4.69, 9.17) is 9.73 Å². The van der Waals surface area contributed by atoms with Crippen molar-refractivity contribution >= 4 is 35.9 Å². The summed E-state index contributed by atoms with van der Waals surface area (Å²) >= 11 is 0. The Balaban J connectivity index is 0.00000261. The summed E-state index contributed by atoms with van der Waals surface area (Å²) < 4.78 is 7.36. The minimum absolute atomic E-state index is 0. The number of fused-ring (bicyclic) bond motifs is 1. The second kappa shape index (κ2) is 10.8. The van der Waals surface area contributed by atoms with E-state index in [1.54, 1.807) is 0 Å². The fraction of sp³-hybridized carbons (Fsp3) is 0.778. The lowest BCUT2D eigenvalue weighted by atomic mass is 9.97. The van der Waals surface area contributed by atoms with Crippen molar-refractivity contribution in [3.63, 3.8) is 0 Å². The van der Waals surface area contributed by atoms with Crippen molar-refractivity contribution < 1.29 is 9.53 Å². The molecule has 0 saturated carbocycles. The van der Waals surface area contributed by atoms with E-state index in [0.29, 0.717) is 13.2 Å². The standard InChI is InChI=1S/C18H30N6O2.HI/c1-3-19-18(23-11-8-14(9-12-23)17(25)26-4-2)20-13-16-22-21-15-7-5-6-10-24(15)16;/h14H,3-13H2,1-2H3,(H,19,20);1H. The van der Waals surface area contributed by atoms with Gasteiger partial charge in [-0.2, -0.15) is 0 Å². The second-order valence-electron chi connectivity index (χ2n) is 6.82. The average molecular weight is 490 g/mol. The summed E-state index contributed by atoms with van der Waals surface area (Å²) in [5.41, 5.74) is 0. The lowest BCUT2D eigenvalue weighted by Gasteiger charge is -2.33. The van der Waals surface area contributed by atoms with Gasteiger partial charge in [0.15, 0.2) is 11.8 Å². The molecule has 0 aromatic carbocycles. The van der Waals surface area contributed by atoms with Crippen LogP contribution in [0.25, 0.3) is 0 Å². The van der Waals surface area contributed by atoms with Crippen LogP contribution in [0.2, 0.25) is 0 Å². The fourth-order valence-corrected chi connectivity index (χ4v) is 3.64. The van der Waals surface area contributed by atoms with Crippen molar-refractivity contribution in [3.8, 4) is 0 Å². The number of nitrogens with zero attached hydrogens (tertiary/aromatic N) is 5. The Morgan fingerprint density at radius 1 is 1.22 bits per heavy atom. The van der Waals surface area contributed by atoms with Crippen LogP contribution in [0, 0.1) is 5.92 Å². The molecule has 27 heavy (non-hydrogen) atoms. The van der Waals surface area contributed by atoms with Crippen LogP contribution in [0.3, 0.4) is 0 Å². The number of aromatic nitrogens is 3. The number of ether oxygens (including phenoxy) is 1. The summed E-state index contributed by atoms with van der Waals surface area (Å²) in [6, 6.07) is 0. The molecule has 3 heterocycles. The van der Waals surface area contributed by atoms with Crippen LogP contribution in [-0.4, -0.2) is 57.8 Å². The van der Waals surface area contributed by atoms with Crippen LogP contribution in [0.1, 0.15) is 51.2 Å². The first-order chi connectivity index (χ1) is 12.7. The van der Waals surface area contributed by atoms with Crippen LogP contribution in [0.5, 0.6) is 0 Å². The first kappa shape index (κ1) is 21.9. The molecule has 1 aromatic heterocycles. The highest BCUT2D eigenvalue weighted by molar-refractivity contribution is 14.0. The monoisotopic (exact) mass is 490 g/mol. The number of piperidine rings is 1. The van der Waals surface area contributed by atoms with Gasteiger partial charge in [-0.3, -0.25) is 4.79 Å². The number of halogens is 1. The van der Waals surface area contributed by atoms with E-state index < -0.39 is 0 Å². The molecule has 0 bridgehead atoms. The lowest BCUT2D eigenvalue weighted by Crippen LogP contribution is -2.46. The summed E-state index contributed by atoms with van der Waals surface area (Å²) in [7, 11) is 0. The van der Waals surface area contributed by atoms with Crippen molar-refractivity contribution in [1.82, 2.24) is 25.0 Å². The molecular formula is C18H31IN6O2. The molecule has 1 aromatic rings. The van der Waals surface area contributed by atoms with E-state index in [0.717, 1.165) is 63.0 Å². The number of esters is 1. The Morgan fingerprint density at radius 3 is 2.70 bits per heavy atom. The number of aryl methyl sites for hydroxylation is 1. The minimum Gasteiger partial charge on any atom is -0.466 e. The maximum atomic E-state index is 11.9. The van der Waals surface area contributed by atoms with Crippen LogP contribution in [0.4, 0.5) is 0 Å². The van der Waals surface area contributed by atoms with E-state index in [-0.39, 0.29) is 35.9 Å². The van der Waals surface area contributed by atoms with E-state index in [1.165, 1.54) is 12.8 Å². The summed E-state index contributed by atoms with van der Waals surface area (Å²) in [4.78, 5) is 18.9. The maximum Gasteiger partial charge on any atom is 0.309 e. The maximum absolute atomic E-state index is 11.9. The van der Waals surface area contributed by atoms with Gasteiger partial charge in [0, 0.05) is 32.6 Å². The third-order valence-electron chi connectivity index (χ3n) is 5.06. The first-order valence-corrected chi connectivity index (χ1v) is 9.83. The second-order valence-corrected chi connectivity index (χ2v) is 6.82. The van der Waals surface area contributed by atoms with E-state index in [2.05, 4.69) is 31.9 Å². The van der Waals surface area contributed by atoms with Crippen LogP contribution < -0.4 is 5.32 Å². The first-order valence-electron chi connectivity index (χ1n) is 9.83. The Labute approximate surface area is 178 Å². The summed E-state index contributed by atoms with van der Waals surface area (Å²) in [6.45, 7) is 8.34. The SMILES string of the molecule is CCNC(=NCc1nnc2n1CCCC2)N1CCC(C(=O)OCC)CC1.I. The highest BCUT2D eigenvalue weighted by atomic mass is 127. The molecular weight excluding hydrogens is 459 g/mol. The van der Waals surface area contributed by atoms with Crippen molar-refractivity contribution in [2.24, 2.45) is 10.9 Å². The van der Waals surface area contributed by atoms with E-state index in [9.17, 15) is 4.79 Å². The number of guanidine groups is 1. The molecule has 0 spiro atoms. The van der Waals surface area contributed by atoms with Gasteiger partial charge >= 0.3 is 5.97 Å². The van der Waals surface area contributed by atoms with Gasteiger partial charge in [-0.1, -0.05) is 0 Å². The molecule has 1 fully saturated rings. The summed E-state index contributed by atoms with van der Waals surface area (Å²) in [5.74, 6) is 2.86. The molecule has 1 saturated heterocycles. The predicted octanol–water partition coefficient (Wildman–Crippen LogP) is 1.97. The van der Waals surface area contributed by atoms with E-state index in [1.807, 2.05) is 6.92 Å². The van der Waals surface area contributed by atoms with Gasteiger partial charge in [-0.05, 0) is 39.5 Å². The van der Waals surface area contributed by atoms with Gasteiger partial charge in [0.25, 0.3) is 0 Å². The molecule has 9 heteroatoms. The van der Waals surface area contributed by atoms with Gasteiger partial charge in [0.1, 0.15) is 12.4 Å².